The van der Waals surface area contributed by atoms with Crippen molar-refractivity contribution in [1.29, 1.82) is 0 Å². The average Bonchev–Trinajstić information content (AvgIpc) is 3.01. The number of nitrogens with zero attached hydrogens (tertiary/aromatic N) is 4. The SMILES string of the molecule is C[C@H]1CN(C(=O)CCc2nc(-c3ccccn3)no2)C[C@H](C)O1. The summed E-state index contributed by atoms with van der Waals surface area (Å²) in [6.45, 7) is 5.22. The second-order valence-electron chi connectivity index (χ2n) is 5.78. The van der Waals surface area contributed by atoms with Gasteiger partial charge in [-0.2, -0.15) is 4.98 Å². The number of amides is 1. The van der Waals surface area contributed by atoms with Crippen molar-refractivity contribution < 1.29 is 14.1 Å². The summed E-state index contributed by atoms with van der Waals surface area (Å²) in [6.07, 6.45) is 2.60. The molecular weight excluding hydrogens is 296 g/mol. The summed E-state index contributed by atoms with van der Waals surface area (Å²) in [6, 6.07) is 5.51. The number of pyridine rings is 1. The first-order chi connectivity index (χ1) is 11.1. The third-order valence-corrected chi connectivity index (χ3v) is 3.69. The van der Waals surface area contributed by atoms with E-state index in [0.717, 1.165) is 0 Å². The number of aryl methyl sites for hydroxylation is 1. The Morgan fingerprint density at radius 3 is 2.78 bits per heavy atom. The second kappa shape index (κ2) is 6.87. The van der Waals surface area contributed by atoms with Gasteiger partial charge in [0, 0.05) is 32.1 Å². The molecule has 0 unspecified atom stereocenters. The van der Waals surface area contributed by atoms with Crippen molar-refractivity contribution in [1.82, 2.24) is 20.0 Å². The molecule has 0 saturated carbocycles. The molecule has 1 aliphatic rings. The maximum atomic E-state index is 12.3. The van der Waals surface area contributed by atoms with E-state index < -0.39 is 0 Å². The Bertz CT molecular complexity index is 648. The van der Waals surface area contributed by atoms with Crippen LogP contribution in [0.25, 0.3) is 11.5 Å². The smallest absolute Gasteiger partial charge is 0.227 e. The predicted molar refractivity (Wildman–Crippen MR) is 82.4 cm³/mol. The lowest BCUT2D eigenvalue weighted by molar-refractivity contribution is -0.143. The summed E-state index contributed by atoms with van der Waals surface area (Å²) >= 11 is 0. The van der Waals surface area contributed by atoms with Gasteiger partial charge in [-0.05, 0) is 26.0 Å². The van der Waals surface area contributed by atoms with E-state index in [9.17, 15) is 4.79 Å². The molecule has 7 heteroatoms. The highest BCUT2D eigenvalue weighted by molar-refractivity contribution is 5.76. The number of morpholine rings is 1. The molecule has 0 bridgehead atoms. The minimum atomic E-state index is 0.0712. The molecule has 0 radical (unpaired) electrons. The zero-order valence-corrected chi connectivity index (χ0v) is 13.3. The number of ether oxygens (including phenoxy) is 1. The number of carbonyl (C=O) groups is 1. The fourth-order valence-electron chi connectivity index (χ4n) is 2.71. The number of aromatic nitrogens is 3. The van der Waals surface area contributed by atoms with Gasteiger partial charge < -0.3 is 14.2 Å². The molecule has 0 N–H and O–H groups in total. The number of hydrogen-bond donors (Lipinski definition) is 0. The van der Waals surface area contributed by atoms with Gasteiger partial charge in [-0.1, -0.05) is 11.2 Å². The molecule has 1 aliphatic heterocycles. The lowest BCUT2D eigenvalue weighted by Crippen LogP contribution is -2.48. The third-order valence-electron chi connectivity index (χ3n) is 3.69. The van der Waals surface area contributed by atoms with E-state index in [0.29, 0.717) is 43.3 Å². The van der Waals surface area contributed by atoms with E-state index in [1.54, 1.807) is 6.20 Å². The first-order valence-corrected chi connectivity index (χ1v) is 7.79. The van der Waals surface area contributed by atoms with Crippen LogP contribution < -0.4 is 0 Å². The molecule has 7 nitrogen and oxygen atoms in total. The highest BCUT2D eigenvalue weighted by Gasteiger charge is 2.25. The number of hydrogen-bond acceptors (Lipinski definition) is 6. The topological polar surface area (TPSA) is 81.4 Å². The van der Waals surface area contributed by atoms with E-state index in [4.69, 9.17) is 9.26 Å². The van der Waals surface area contributed by atoms with Crippen molar-refractivity contribution in [3.8, 4) is 11.5 Å². The molecule has 1 saturated heterocycles. The fraction of sp³-hybridized carbons (Fsp3) is 0.500. The van der Waals surface area contributed by atoms with Crippen LogP contribution in [0.15, 0.2) is 28.9 Å². The zero-order valence-electron chi connectivity index (χ0n) is 13.3. The van der Waals surface area contributed by atoms with Crippen molar-refractivity contribution in [3.63, 3.8) is 0 Å². The molecule has 23 heavy (non-hydrogen) atoms. The van der Waals surface area contributed by atoms with Crippen LogP contribution in [0, 0.1) is 0 Å². The van der Waals surface area contributed by atoms with Crippen molar-refractivity contribution >= 4 is 5.91 Å². The van der Waals surface area contributed by atoms with Crippen molar-refractivity contribution in [2.24, 2.45) is 0 Å². The summed E-state index contributed by atoms with van der Waals surface area (Å²) in [4.78, 5) is 22.6. The summed E-state index contributed by atoms with van der Waals surface area (Å²) < 4.78 is 10.8. The third kappa shape index (κ3) is 3.92. The van der Waals surface area contributed by atoms with Crippen molar-refractivity contribution in [2.75, 3.05) is 13.1 Å². The minimum Gasteiger partial charge on any atom is -0.372 e. The molecular formula is C16H20N4O3. The minimum absolute atomic E-state index is 0.0712. The molecule has 0 aromatic carbocycles. The van der Waals surface area contributed by atoms with Crippen molar-refractivity contribution in [2.45, 2.75) is 38.9 Å². The molecule has 2 aromatic rings. The van der Waals surface area contributed by atoms with Crippen LogP contribution in [0.2, 0.25) is 0 Å². The summed E-state index contributed by atoms with van der Waals surface area (Å²) in [5.41, 5.74) is 0.657. The Hall–Kier alpha value is -2.28. The van der Waals surface area contributed by atoms with Crippen LogP contribution in [-0.4, -0.2) is 51.2 Å². The van der Waals surface area contributed by atoms with Crippen molar-refractivity contribution in [3.05, 3.63) is 30.3 Å². The van der Waals surface area contributed by atoms with E-state index in [2.05, 4.69) is 15.1 Å². The lowest BCUT2D eigenvalue weighted by atomic mass is 10.2. The normalized spacial score (nSPS) is 21.4. The van der Waals surface area contributed by atoms with Gasteiger partial charge in [-0.25, -0.2) is 0 Å². The van der Waals surface area contributed by atoms with Crippen LogP contribution in [0.5, 0.6) is 0 Å². The Balaban J connectivity index is 1.56. The molecule has 1 fully saturated rings. The maximum Gasteiger partial charge on any atom is 0.227 e. The monoisotopic (exact) mass is 316 g/mol. The molecule has 1 amide bonds. The molecule has 3 rings (SSSR count). The zero-order chi connectivity index (χ0) is 16.2. The van der Waals surface area contributed by atoms with E-state index in [1.807, 2.05) is 36.9 Å². The molecule has 2 aromatic heterocycles. The fourth-order valence-corrected chi connectivity index (χ4v) is 2.71. The molecule has 0 aliphatic carbocycles. The Morgan fingerprint density at radius 1 is 1.30 bits per heavy atom. The van der Waals surface area contributed by atoms with E-state index >= 15 is 0 Å². The van der Waals surface area contributed by atoms with Gasteiger partial charge in [0.2, 0.25) is 17.6 Å². The van der Waals surface area contributed by atoms with Crippen LogP contribution in [-0.2, 0) is 16.0 Å². The van der Waals surface area contributed by atoms with Crippen LogP contribution in [0.1, 0.15) is 26.2 Å². The van der Waals surface area contributed by atoms with E-state index in [-0.39, 0.29) is 18.1 Å². The first-order valence-electron chi connectivity index (χ1n) is 7.79. The number of rotatable bonds is 4. The summed E-state index contributed by atoms with van der Waals surface area (Å²) in [5, 5.41) is 3.91. The quantitative estimate of drug-likeness (QED) is 0.854. The molecule has 0 spiro atoms. The van der Waals surface area contributed by atoms with Gasteiger partial charge in [-0.15, -0.1) is 0 Å². The van der Waals surface area contributed by atoms with Crippen LogP contribution in [0.3, 0.4) is 0 Å². The van der Waals surface area contributed by atoms with Crippen LogP contribution >= 0.6 is 0 Å². The molecule has 122 valence electrons. The van der Waals surface area contributed by atoms with Gasteiger partial charge in [0.15, 0.2) is 0 Å². The lowest BCUT2D eigenvalue weighted by Gasteiger charge is -2.35. The largest absolute Gasteiger partial charge is 0.372 e. The van der Waals surface area contributed by atoms with Crippen LogP contribution in [0.4, 0.5) is 0 Å². The second-order valence-corrected chi connectivity index (χ2v) is 5.78. The Labute approximate surface area is 134 Å². The highest BCUT2D eigenvalue weighted by atomic mass is 16.5. The van der Waals surface area contributed by atoms with Gasteiger partial charge in [-0.3, -0.25) is 9.78 Å². The van der Waals surface area contributed by atoms with E-state index in [1.165, 1.54) is 0 Å². The highest BCUT2D eigenvalue weighted by Crippen LogP contribution is 2.15. The van der Waals surface area contributed by atoms with Gasteiger partial charge >= 0.3 is 0 Å². The Kier molecular flexibility index (Phi) is 4.66. The maximum absolute atomic E-state index is 12.3. The van der Waals surface area contributed by atoms with Gasteiger partial charge in [0.1, 0.15) is 5.69 Å². The average molecular weight is 316 g/mol. The summed E-state index contributed by atoms with van der Waals surface area (Å²) in [7, 11) is 0. The van der Waals surface area contributed by atoms with Gasteiger partial charge in [0.25, 0.3) is 0 Å². The Morgan fingerprint density at radius 2 is 2.09 bits per heavy atom. The predicted octanol–water partition coefficient (Wildman–Crippen LogP) is 1.70. The number of carbonyl (C=O) groups excluding carboxylic acids is 1. The van der Waals surface area contributed by atoms with Gasteiger partial charge in [0.05, 0.1) is 12.2 Å². The first kappa shape index (κ1) is 15.6. The molecule has 2 atom stereocenters. The summed E-state index contributed by atoms with van der Waals surface area (Å²) in [5.74, 6) is 0.986. The standard InChI is InChI=1S/C16H20N4O3/c1-11-9-20(10-12(2)22-11)15(21)7-6-14-18-16(19-23-14)13-5-3-4-8-17-13/h3-5,8,11-12H,6-7,9-10H2,1-2H3/t11-,12-/m0/s1. The molecule has 3 heterocycles.